The molecular weight excluding hydrogens is 389 g/mol. The van der Waals surface area contributed by atoms with Gasteiger partial charge in [-0.1, -0.05) is 12.1 Å². The van der Waals surface area contributed by atoms with Crippen LogP contribution in [-0.2, 0) is 17.8 Å². The summed E-state index contributed by atoms with van der Waals surface area (Å²) in [6, 6.07) is 10.6. The molecule has 2 aromatic rings. The summed E-state index contributed by atoms with van der Waals surface area (Å²) in [5.41, 5.74) is 1.75. The summed E-state index contributed by atoms with van der Waals surface area (Å²) >= 11 is 3.11. The van der Waals surface area contributed by atoms with Gasteiger partial charge in [0.05, 0.1) is 17.7 Å². The first-order valence-electron chi connectivity index (χ1n) is 8.21. The summed E-state index contributed by atoms with van der Waals surface area (Å²) in [7, 11) is 0. The highest BCUT2D eigenvalue weighted by Gasteiger charge is 2.11. The molecule has 1 aliphatic heterocycles. The Morgan fingerprint density at radius 1 is 1.08 bits per heavy atom. The zero-order chi connectivity index (χ0) is 17.6. The van der Waals surface area contributed by atoms with Gasteiger partial charge in [0.2, 0.25) is 5.91 Å². The Balaban J connectivity index is 1.50. The maximum atomic E-state index is 13.5. The minimum absolute atomic E-state index is 0.0737. The third kappa shape index (κ3) is 4.95. The van der Waals surface area contributed by atoms with Crippen LogP contribution < -0.4 is 14.8 Å². The third-order valence-electron chi connectivity index (χ3n) is 3.93. The highest BCUT2D eigenvalue weighted by Crippen LogP contribution is 2.30. The number of aryl methyl sites for hydroxylation is 1. The first kappa shape index (κ1) is 17.7. The molecule has 0 aliphatic carbocycles. The molecule has 0 saturated carbocycles. The molecule has 6 heteroatoms. The molecule has 0 radical (unpaired) electrons. The molecule has 0 bridgehead atoms. The van der Waals surface area contributed by atoms with E-state index >= 15 is 0 Å². The van der Waals surface area contributed by atoms with Crippen molar-refractivity contribution in [2.75, 3.05) is 13.2 Å². The summed E-state index contributed by atoms with van der Waals surface area (Å²) < 4.78 is 25.1. The lowest BCUT2D eigenvalue weighted by molar-refractivity contribution is -0.121. The highest BCUT2D eigenvalue weighted by atomic mass is 79.9. The van der Waals surface area contributed by atoms with Gasteiger partial charge in [-0.2, -0.15) is 0 Å². The van der Waals surface area contributed by atoms with Crippen LogP contribution in [0.3, 0.4) is 0 Å². The molecular formula is C19H19BrFNO3. The van der Waals surface area contributed by atoms with Crippen LogP contribution in [0.5, 0.6) is 11.5 Å². The number of carbonyl (C=O) groups excluding carboxylic acids is 1. The molecule has 2 aromatic carbocycles. The fourth-order valence-electron chi connectivity index (χ4n) is 2.56. The van der Waals surface area contributed by atoms with Crippen LogP contribution in [0.15, 0.2) is 40.9 Å². The normalized spacial score (nSPS) is 13.2. The number of amides is 1. The SMILES string of the molecule is O=C(CCc1ccc2c(c1)OCCCO2)NCc1ccc(Br)c(F)c1. The van der Waals surface area contributed by atoms with Crippen LogP contribution in [0.4, 0.5) is 4.39 Å². The van der Waals surface area contributed by atoms with Gasteiger partial charge < -0.3 is 14.8 Å². The van der Waals surface area contributed by atoms with E-state index < -0.39 is 0 Å². The number of ether oxygens (including phenoxy) is 2. The van der Waals surface area contributed by atoms with E-state index in [1.807, 2.05) is 18.2 Å². The minimum Gasteiger partial charge on any atom is -0.490 e. The van der Waals surface area contributed by atoms with E-state index in [9.17, 15) is 9.18 Å². The van der Waals surface area contributed by atoms with Gasteiger partial charge in [-0.15, -0.1) is 0 Å². The Morgan fingerprint density at radius 2 is 1.84 bits per heavy atom. The summed E-state index contributed by atoms with van der Waals surface area (Å²) in [6.07, 6.45) is 1.83. The fraction of sp³-hybridized carbons (Fsp3) is 0.316. The van der Waals surface area contributed by atoms with Gasteiger partial charge in [-0.05, 0) is 57.7 Å². The van der Waals surface area contributed by atoms with Gasteiger partial charge in [0.15, 0.2) is 11.5 Å². The molecule has 0 unspecified atom stereocenters. The quantitative estimate of drug-likeness (QED) is 0.814. The van der Waals surface area contributed by atoms with Gasteiger partial charge in [0.25, 0.3) is 0 Å². The zero-order valence-corrected chi connectivity index (χ0v) is 15.3. The first-order valence-corrected chi connectivity index (χ1v) is 9.00. The number of nitrogens with one attached hydrogen (secondary N) is 1. The molecule has 0 atom stereocenters. The van der Waals surface area contributed by atoms with Crippen LogP contribution in [-0.4, -0.2) is 19.1 Å². The molecule has 1 N–H and O–H groups in total. The second-order valence-electron chi connectivity index (χ2n) is 5.86. The van der Waals surface area contributed by atoms with E-state index in [0.717, 1.165) is 29.0 Å². The second-order valence-corrected chi connectivity index (χ2v) is 6.71. The molecule has 1 amide bonds. The van der Waals surface area contributed by atoms with E-state index in [1.165, 1.54) is 6.07 Å². The summed E-state index contributed by atoms with van der Waals surface area (Å²) in [4.78, 5) is 12.0. The van der Waals surface area contributed by atoms with Gasteiger partial charge in [-0.25, -0.2) is 4.39 Å². The Labute approximate surface area is 154 Å². The lowest BCUT2D eigenvalue weighted by Gasteiger charge is -2.10. The predicted molar refractivity (Wildman–Crippen MR) is 96.3 cm³/mol. The van der Waals surface area contributed by atoms with Crippen molar-refractivity contribution in [3.63, 3.8) is 0 Å². The van der Waals surface area contributed by atoms with E-state index in [1.54, 1.807) is 12.1 Å². The summed E-state index contributed by atoms with van der Waals surface area (Å²) in [5.74, 6) is 1.08. The molecule has 132 valence electrons. The maximum Gasteiger partial charge on any atom is 0.220 e. The fourth-order valence-corrected chi connectivity index (χ4v) is 2.81. The third-order valence-corrected chi connectivity index (χ3v) is 4.57. The van der Waals surface area contributed by atoms with Crippen LogP contribution in [0.2, 0.25) is 0 Å². The second kappa shape index (κ2) is 8.34. The van der Waals surface area contributed by atoms with Crippen molar-refractivity contribution in [1.29, 1.82) is 0 Å². The molecule has 0 saturated heterocycles. The van der Waals surface area contributed by atoms with E-state index in [0.29, 0.717) is 37.1 Å². The van der Waals surface area contributed by atoms with Crippen molar-refractivity contribution in [2.45, 2.75) is 25.8 Å². The van der Waals surface area contributed by atoms with E-state index in [2.05, 4.69) is 21.2 Å². The highest BCUT2D eigenvalue weighted by molar-refractivity contribution is 9.10. The molecule has 0 spiro atoms. The van der Waals surface area contributed by atoms with E-state index in [4.69, 9.17) is 9.47 Å². The first-order chi connectivity index (χ1) is 12.1. The van der Waals surface area contributed by atoms with E-state index in [-0.39, 0.29) is 11.7 Å². The Morgan fingerprint density at radius 3 is 2.64 bits per heavy atom. The molecule has 0 fully saturated rings. The number of halogens is 2. The number of rotatable bonds is 5. The number of hydrogen-bond acceptors (Lipinski definition) is 3. The molecule has 4 nitrogen and oxygen atoms in total. The number of carbonyl (C=O) groups is 1. The van der Waals surface area contributed by atoms with Crippen LogP contribution in [0.1, 0.15) is 24.0 Å². The largest absolute Gasteiger partial charge is 0.490 e. The Kier molecular flexibility index (Phi) is 5.91. The zero-order valence-electron chi connectivity index (χ0n) is 13.7. The summed E-state index contributed by atoms with van der Waals surface area (Å²) in [6.45, 7) is 1.61. The van der Waals surface area contributed by atoms with Crippen molar-refractivity contribution >= 4 is 21.8 Å². The van der Waals surface area contributed by atoms with Crippen molar-refractivity contribution in [2.24, 2.45) is 0 Å². The topological polar surface area (TPSA) is 47.6 Å². The maximum absolute atomic E-state index is 13.5. The van der Waals surface area contributed by atoms with Gasteiger partial charge in [0.1, 0.15) is 5.82 Å². The van der Waals surface area contributed by atoms with Crippen LogP contribution in [0, 0.1) is 5.82 Å². The van der Waals surface area contributed by atoms with Crippen LogP contribution >= 0.6 is 15.9 Å². The lowest BCUT2D eigenvalue weighted by atomic mass is 10.1. The standard InChI is InChI=1S/C19H19BrFNO3/c20-15-5-2-14(10-16(15)21)12-22-19(23)7-4-13-3-6-17-18(11-13)25-9-1-8-24-17/h2-3,5-6,10-11H,1,4,7-9,12H2,(H,22,23). The Hall–Kier alpha value is -2.08. The van der Waals surface area contributed by atoms with Gasteiger partial charge >= 0.3 is 0 Å². The number of hydrogen-bond donors (Lipinski definition) is 1. The van der Waals surface area contributed by atoms with Crippen molar-refractivity contribution in [3.05, 3.63) is 57.8 Å². The van der Waals surface area contributed by atoms with Gasteiger partial charge in [-0.3, -0.25) is 4.79 Å². The minimum atomic E-state index is -0.334. The molecule has 25 heavy (non-hydrogen) atoms. The van der Waals surface area contributed by atoms with Gasteiger partial charge in [0, 0.05) is 19.4 Å². The summed E-state index contributed by atoms with van der Waals surface area (Å²) in [5, 5.41) is 2.81. The smallest absolute Gasteiger partial charge is 0.220 e. The molecule has 1 heterocycles. The average Bonchev–Trinajstić information content (AvgIpc) is 2.85. The Bertz CT molecular complexity index is 766. The van der Waals surface area contributed by atoms with Crippen molar-refractivity contribution in [3.8, 4) is 11.5 Å². The molecule has 3 rings (SSSR count). The molecule has 1 aliphatic rings. The van der Waals surface area contributed by atoms with Crippen molar-refractivity contribution < 1.29 is 18.7 Å². The molecule has 0 aromatic heterocycles. The predicted octanol–water partition coefficient (Wildman–Crippen LogP) is 4.00. The van der Waals surface area contributed by atoms with Crippen LogP contribution in [0.25, 0.3) is 0 Å². The monoisotopic (exact) mass is 407 g/mol. The lowest BCUT2D eigenvalue weighted by Crippen LogP contribution is -2.23. The number of fused-ring (bicyclic) bond motifs is 1. The number of benzene rings is 2. The average molecular weight is 408 g/mol. The van der Waals surface area contributed by atoms with Crippen molar-refractivity contribution in [1.82, 2.24) is 5.32 Å².